The Hall–Kier alpha value is -2.89. The number of piperazine rings is 1. The van der Waals surface area contributed by atoms with Gasteiger partial charge in [-0.15, -0.1) is 0 Å². The van der Waals surface area contributed by atoms with E-state index in [1.807, 2.05) is 17.0 Å². The molecule has 1 N–H and O–H groups in total. The molecule has 0 radical (unpaired) electrons. The minimum Gasteiger partial charge on any atom is -0.395 e. The molecule has 1 heterocycles. The van der Waals surface area contributed by atoms with Crippen LogP contribution in [0.1, 0.15) is 54.4 Å². The van der Waals surface area contributed by atoms with Crippen LogP contribution >= 0.6 is 0 Å². The first-order valence-corrected chi connectivity index (χ1v) is 13.6. The number of amides is 1. The standard InChI is InChI=1S/C31H39N3O2/c1-2-34(30-12-6-8-25-7-3-4-11-29(25)30)28-10-5-9-27(23-28)24-13-15-26(16-14-24)31(36)33-19-17-32(18-20-33)21-22-35/h3-4,6-8,11-16,27-28,35H,2,5,9-10,17-23H2,1H3. The summed E-state index contributed by atoms with van der Waals surface area (Å²) >= 11 is 0. The average Bonchev–Trinajstić information content (AvgIpc) is 2.94. The molecule has 2 atom stereocenters. The van der Waals surface area contributed by atoms with Crippen LogP contribution in [0.15, 0.2) is 66.7 Å². The lowest BCUT2D eigenvalue weighted by Gasteiger charge is -2.39. The van der Waals surface area contributed by atoms with Crippen molar-refractivity contribution >= 4 is 22.4 Å². The zero-order valence-electron chi connectivity index (χ0n) is 21.5. The molecule has 1 amide bonds. The van der Waals surface area contributed by atoms with Crippen LogP contribution in [0.5, 0.6) is 0 Å². The predicted molar refractivity (Wildman–Crippen MR) is 148 cm³/mol. The highest BCUT2D eigenvalue weighted by atomic mass is 16.3. The number of hydrogen-bond acceptors (Lipinski definition) is 4. The number of anilines is 1. The molecule has 190 valence electrons. The Balaban J connectivity index is 1.26. The van der Waals surface area contributed by atoms with Gasteiger partial charge in [0.05, 0.1) is 6.61 Å². The van der Waals surface area contributed by atoms with E-state index in [9.17, 15) is 4.79 Å². The third-order valence-corrected chi connectivity index (χ3v) is 8.21. The second kappa shape index (κ2) is 11.4. The van der Waals surface area contributed by atoms with E-state index < -0.39 is 0 Å². The molecule has 3 aromatic carbocycles. The summed E-state index contributed by atoms with van der Waals surface area (Å²) in [7, 11) is 0. The summed E-state index contributed by atoms with van der Waals surface area (Å²) in [6, 6.07) is 24.3. The Bertz CT molecular complexity index is 1150. The second-order valence-electron chi connectivity index (χ2n) is 10.3. The molecular weight excluding hydrogens is 446 g/mol. The highest BCUT2D eigenvalue weighted by molar-refractivity contribution is 5.95. The van der Waals surface area contributed by atoms with Gasteiger partial charge in [-0.3, -0.25) is 9.69 Å². The maximum absolute atomic E-state index is 13.0. The summed E-state index contributed by atoms with van der Waals surface area (Å²) in [6.45, 7) is 7.26. The molecule has 5 heteroatoms. The van der Waals surface area contributed by atoms with Crippen LogP contribution in [0.4, 0.5) is 5.69 Å². The Morgan fingerprint density at radius 3 is 2.44 bits per heavy atom. The first-order chi connectivity index (χ1) is 17.7. The fourth-order valence-electron chi connectivity index (χ4n) is 6.23. The number of aliphatic hydroxyl groups excluding tert-OH is 1. The second-order valence-corrected chi connectivity index (χ2v) is 10.3. The van der Waals surface area contributed by atoms with Gasteiger partial charge in [-0.1, -0.05) is 55.0 Å². The van der Waals surface area contributed by atoms with Gasteiger partial charge < -0.3 is 14.9 Å². The largest absolute Gasteiger partial charge is 0.395 e. The molecule has 2 aliphatic rings. The van der Waals surface area contributed by atoms with Crippen molar-refractivity contribution in [3.8, 4) is 0 Å². The molecule has 3 aromatic rings. The van der Waals surface area contributed by atoms with E-state index in [-0.39, 0.29) is 12.5 Å². The Labute approximate surface area is 215 Å². The summed E-state index contributed by atoms with van der Waals surface area (Å²) in [5, 5.41) is 11.8. The Morgan fingerprint density at radius 1 is 0.944 bits per heavy atom. The van der Waals surface area contributed by atoms with Gasteiger partial charge in [-0.2, -0.15) is 0 Å². The summed E-state index contributed by atoms with van der Waals surface area (Å²) in [6.07, 6.45) is 4.82. The fourth-order valence-corrected chi connectivity index (χ4v) is 6.23. The Morgan fingerprint density at radius 2 is 1.69 bits per heavy atom. The van der Waals surface area contributed by atoms with Crippen LogP contribution in [0.2, 0.25) is 0 Å². The Kier molecular flexibility index (Phi) is 7.88. The number of carbonyl (C=O) groups is 1. The van der Waals surface area contributed by atoms with Crippen molar-refractivity contribution in [2.45, 2.75) is 44.6 Å². The third kappa shape index (κ3) is 5.28. The van der Waals surface area contributed by atoms with Gasteiger partial charge in [0, 0.05) is 61.9 Å². The molecule has 1 saturated heterocycles. The lowest BCUT2D eigenvalue weighted by atomic mass is 9.80. The zero-order chi connectivity index (χ0) is 24.9. The van der Waals surface area contributed by atoms with Gasteiger partial charge in [0.2, 0.25) is 0 Å². The lowest BCUT2D eigenvalue weighted by molar-refractivity contribution is 0.0615. The van der Waals surface area contributed by atoms with Crippen molar-refractivity contribution in [3.05, 3.63) is 77.9 Å². The minimum absolute atomic E-state index is 0.125. The van der Waals surface area contributed by atoms with Crippen molar-refractivity contribution in [2.75, 3.05) is 50.8 Å². The summed E-state index contributed by atoms with van der Waals surface area (Å²) in [4.78, 5) is 19.8. The average molecular weight is 486 g/mol. The first-order valence-electron chi connectivity index (χ1n) is 13.6. The van der Waals surface area contributed by atoms with E-state index in [1.54, 1.807) is 0 Å². The van der Waals surface area contributed by atoms with E-state index in [2.05, 4.69) is 71.3 Å². The number of benzene rings is 3. The van der Waals surface area contributed by atoms with Gasteiger partial charge in [0.1, 0.15) is 0 Å². The quantitative estimate of drug-likeness (QED) is 0.503. The molecule has 36 heavy (non-hydrogen) atoms. The number of aliphatic hydroxyl groups is 1. The molecule has 1 saturated carbocycles. The molecule has 0 aromatic heterocycles. The SMILES string of the molecule is CCN(c1cccc2ccccc12)C1CCCC(c2ccc(C(=O)N3CCN(CCO)CC3)cc2)C1. The monoisotopic (exact) mass is 485 g/mol. The van der Waals surface area contributed by atoms with E-state index in [0.717, 1.165) is 44.7 Å². The molecule has 5 rings (SSSR count). The molecule has 2 fully saturated rings. The zero-order valence-corrected chi connectivity index (χ0v) is 21.5. The van der Waals surface area contributed by atoms with E-state index in [4.69, 9.17) is 5.11 Å². The molecular formula is C31H39N3O2. The highest BCUT2D eigenvalue weighted by Crippen LogP contribution is 2.38. The van der Waals surface area contributed by atoms with E-state index in [0.29, 0.717) is 18.5 Å². The van der Waals surface area contributed by atoms with Crippen molar-refractivity contribution in [2.24, 2.45) is 0 Å². The summed E-state index contributed by atoms with van der Waals surface area (Å²) in [5.74, 6) is 0.652. The molecule has 0 spiro atoms. The van der Waals surface area contributed by atoms with Crippen LogP contribution in [-0.2, 0) is 0 Å². The maximum atomic E-state index is 13.0. The molecule has 2 unspecified atom stereocenters. The van der Waals surface area contributed by atoms with Crippen LogP contribution < -0.4 is 4.90 Å². The topological polar surface area (TPSA) is 47.0 Å². The van der Waals surface area contributed by atoms with Gasteiger partial charge in [0.25, 0.3) is 5.91 Å². The number of carbonyl (C=O) groups excluding carboxylic acids is 1. The number of rotatable bonds is 7. The minimum atomic E-state index is 0.125. The molecule has 1 aliphatic heterocycles. The first kappa shape index (κ1) is 24.8. The van der Waals surface area contributed by atoms with Crippen molar-refractivity contribution in [1.29, 1.82) is 0 Å². The third-order valence-electron chi connectivity index (χ3n) is 8.21. The number of nitrogens with zero attached hydrogens (tertiary/aromatic N) is 3. The number of fused-ring (bicyclic) bond motifs is 1. The van der Waals surface area contributed by atoms with Crippen molar-refractivity contribution in [1.82, 2.24) is 9.80 Å². The summed E-state index contributed by atoms with van der Waals surface area (Å²) in [5.41, 5.74) is 3.49. The van der Waals surface area contributed by atoms with Crippen molar-refractivity contribution in [3.63, 3.8) is 0 Å². The number of hydrogen-bond donors (Lipinski definition) is 1. The summed E-state index contributed by atoms with van der Waals surface area (Å²) < 4.78 is 0. The van der Waals surface area contributed by atoms with Crippen molar-refractivity contribution < 1.29 is 9.90 Å². The van der Waals surface area contributed by atoms with E-state index in [1.165, 1.54) is 41.3 Å². The molecule has 1 aliphatic carbocycles. The predicted octanol–water partition coefficient (Wildman–Crippen LogP) is 5.14. The van der Waals surface area contributed by atoms with Gasteiger partial charge in [0.15, 0.2) is 0 Å². The van der Waals surface area contributed by atoms with Crippen LogP contribution in [0.3, 0.4) is 0 Å². The van der Waals surface area contributed by atoms with Gasteiger partial charge in [-0.05, 0) is 61.3 Å². The lowest BCUT2D eigenvalue weighted by Crippen LogP contribution is -2.49. The van der Waals surface area contributed by atoms with Gasteiger partial charge >= 0.3 is 0 Å². The van der Waals surface area contributed by atoms with Gasteiger partial charge in [-0.25, -0.2) is 0 Å². The number of β-amino-alcohol motifs (C(OH)–C–C–N with tert-alkyl or cyclic N) is 1. The smallest absolute Gasteiger partial charge is 0.253 e. The molecule has 0 bridgehead atoms. The normalized spacial score (nSPS) is 21.0. The highest BCUT2D eigenvalue weighted by Gasteiger charge is 2.28. The molecule has 5 nitrogen and oxygen atoms in total. The fraction of sp³-hybridized carbons (Fsp3) is 0.452. The van der Waals surface area contributed by atoms with Crippen LogP contribution in [0, 0.1) is 0 Å². The van der Waals surface area contributed by atoms with E-state index >= 15 is 0 Å². The van der Waals surface area contributed by atoms with Crippen LogP contribution in [0.25, 0.3) is 10.8 Å². The van der Waals surface area contributed by atoms with Crippen LogP contribution in [-0.4, -0.2) is 72.7 Å². The maximum Gasteiger partial charge on any atom is 0.253 e.